The van der Waals surface area contributed by atoms with Crippen LogP contribution in [0, 0.1) is 6.92 Å². The molecule has 176 valence electrons. The Balaban J connectivity index is 1.31. The Morgan fingerprint density at radius 2 is 1.88 bits per heavy atom. The number of carbonyl (C=O) groups excluding carboxylic acids is 1. The molecule has 0 unspecified atom stereocenters. The minimum atomic E-state index is 0.0237. The Morgan fingerprint density at radius 1 is 1.12 bits per heavy atom. The van der Waals surface area contributed by atoms with Gasteiger partial charge in [0, 0.05) is 20.1 Å². The molecule has 0 N–H and O–H groups in total. The van der Waals surface area contributed by atoms with Crippen molar-refractivity contribution in [3.8, 4) is 5.69 Å². The maximum Gasteiger partial charge on any atom is 0.233 e. The summed E-state index contributed by atoms with van der Waals surface area (Å²) in [5, 5.41) is 10.6. The predicted octanol–water partition coefficient (Wildman–Crippen LogP) is 3.77. The van der Waals surface area contributed by atoms with Gasteiger partial charge in [-0.05, 0) is 31.2 Å². The Kier molecular flexibility index (Phi) is 6.80. The number of carbonyl (C=O) groups is 1. The monoisotopic (exact) mass is 494 g/mol. The second-order valence-corrected chi connectivity index (χ2v) is 10.2. The SMILES string of the molecule is Cc1ccc(-n2c(SCC(=O)N(C)Cc3nc4ccccc4s3)nnc2N2CCOCC2)cc1. The van der Waals surface area contributed by atoms with Gasteiger partial charge in [-0.15, -0.1) is 21.5 Å². The number of amides is 1. The number of hydrogen-bond acceptors (Lipinski definition) is 8. The molecule has 1 fully saturated rings. The fourth-order valence-electron chi connectivity index (χ4n) is 3.76. The number of aryl methyl sites for hydroxylation is 1. The topological polar surface area (TPSA) is 76.4 Å². The molecule has 0 spiro atoms. The first-order chi connectivity index (χ1) is 16.6. The standard InChI is InChI=1S/C24H26N6O2S2/c1-17-7-9-18(10-8-17)30-23(29-11-13-32-14-12-29)26-27-24(30)33-16-22(31)28(2)15-21-25-19-5-3-4-6-20(19)34-21/h3-10H,11-16H2,1-2H3. The van der Waals surface area contributed by atoms with Gasteiger partial charge < -0.3 is 14.5 Å². The van der Waals surface area contributed by atoms with Crippen LogP contribution in [0.15, 0.2) is 53.7 Å². The molecule has 1 aliphatic heterocycles. The zero-order chi connectivity index (χ0) is 23.5. The minimum absolute atomic E-state index is 0.0237. The second kappa shape index (κ2) is 10.1. The second-order valence-electron chi connectivity index (χ2n) is 8.17. The number of thioether (sulfide) groups is 1. The summed E-state index contributed by atoms with van der Waals surface area (Å²) >= 11 is 3.03. The third-order valence-corrected chi connectivity index (χ3v) is 7.60. The van der Waals surface area contributed by atoms with Crippen LogP contribution in [0.4, 0.5) is 5.95 Å². The summed E-state index contributed by atoms with van der Waals surface area (Å²) in [6.45, 7) is 5.41. The maximum absolute atomic E-state index is 12.9. The molecule has 1 saturated heterocycles. The minimum Gasteiger partial charge on any atom is -0.378 e. The number of anilines is 1. The Morgan fingerprint density at radius 3 is 2.65 bits per heavy atom. The molecule has 0 radical (unpaired) electrons. The maximum atomic E-state index is 12.9. The van der Waals surface area contributed by atoms with Crippen molar-refractivity contribution in [3.63, 3.8) is 0 Å². The van der Waals surface area contributed by atoms with Crippen LogP contribution >= 0.6 is 23.1 Å². The molecule has 4 aromatic rings. The van der Waals surface area contributed by atoms with Gasteiger partial charge in [0.2, 0.25) is 11.9 Å². The van der Waals surface area contributed by atoms with Crippen LogP contribution in [0.2, 0.25) is 0 Å². The number of rotatable bonds is 7. The fourth-order valence-corrected chi connectivity index (χ4v) is 5.67. The molecule has 3 heterocycles. The quantitative estimate of drug-likeness (QED) is 0.362. The van der Waals surface area contributed by atoms with Gasteiger partial charge in [-0.25, -0.2) is 4.98 Å². The van der Waals surface area contributed by atoms with E-state index in [1.54, 1.807) is 16.2 Å². The van der Waals surface area contributed by atoms with Crippen molar-refractivity contribution in [2.45, 2.75) is 18.6 Å². The molecule has 1 amide bonds. The Bertz CT molecular complexity index is 1250. The van der Waals surface area contributed by atoms with Crippen molar-refractivity contribution in [2.24, 2.45) is 0 Å². The van der Waals surface area contributed by atoms with Crippen molar-refractivity contribution in [3.05, 3.63) is 59.1 Å². The van der Waals surface area contributed by atoms with Crippen LogP contribution in [0.5, 0.6) is 0 Å². The summed E-state index contributed by atoms with van der Waals surface area (Å²) in [4.78, 5) is 21.5. The molecule has 2 aromatic carbocycles. The molecule has 10 heteroatoms. The van der Waals surface area contributed by atoms with Gasteiger partial charge in [0.05, 0.1) is 41.4 Å². The van der Waals surface area contributed by atoms with Gasteiger partial charge in [-0.3, -0.25) is 9.36 Å². The van der Waals surface area contributed by atoms with Crippen LogP contribution in [0.3, 0.4) is 0 Å². The number of thiazole rings is 1. The summed E-state index contributed by atoms with van der Waals surface area (Å²) in [6, 6.07) is 16.3. The highest BCUT2D eigenvalue weighted by Crippen LogP contribution is 2.28. The normalized spacial score (nSPS) is 14.0. The first kappa shape index (κ1) is 22.8. The van der Waals surface area contributed by atoms with E-state index in [-0.39, 0.29) is 11.7 Å². The largest absolute Gasteiger partial charge is 0.378 e. The third kappa shape index (κ3) is 4.94. The molecule has 0 aliphatic carbocycles. The number of para-hydroxylation sites is 1. The van der Waals surface area contributed by atoms with Gasteiger partial charge in [-0.1, -0.05) is 41.6 Å². The molecular formula is C24H26N6O2S2. The van der Waals surface area contributed by atoms with Crippen LogP contribution in [0.25, 0.3) is 15.9 Å². The number of nitrogens with zero attached hydrogens (tertiary/aromatic N) is 6. The zero-order valence-corrected chi connectivity index (χ0v) is 20.8. The average Bonchev–Trinajstić information content (AvgIpc) is 3.47. The van der Waals surface area contributed by atoms with Crippen molar-refractivity contribution in [2.75, 3.05) is 44.0 Å². The molecule has 0 atom stereocenters. The lowest BCUT2D eigenvalue weighted by atomic mass is 10.2. The number of benzene rings is 2. The Labute approximate surface area is 206 Å². The predicted molar refractivity (Wildman–Crippen MR) is 136 cm³/mol. The van der Waals surface area contributed by atoms with Gasteiger partial charge in [-0.2, -0.15) is 0 Å². The zero-order valence-electron chi connectivity index (χ0n) is 19.2. The van der Waals surface area contributed by atoms with Gasteiger partial charge in [0.25, 0.3) is 0 Å². The van der Waals surface area contributed by atoms with Crippen molar-refractivity contribution in [1.82, 2.24) is 24.6 Å². The van der Waals surface area contributed by atoms with E-state index in [2.05, 4.69) is 57.3 Å². The first-order valence-electron chi connectivity index (χ1n) is 11.1. The van der Waals surface area contributed by atoms with E-state index in [1.807, 2.05) is 29.8 Å². The van der Waals surface area contributed by atoms with E-state index >= 15 is 0 Å². The van der Waals surface area contributed by atoms with E-state index in [1.165, 1.54) is 17.3 Å². The van der Waals surface area contributed by atoms with Crippen molar-refractivity contribution >= 4 is 45.2 Å². The molecular weight excluding hydrogens is 468 g/mol. The lowest BCUT2D eigenvalue weighted by Gasteiger charge is -2.28. The summed E-state index contributed by atoms with van der Waals surface area (Å²) in [7, 11) is 1.82. The Hall–Kier alpha value is -2.95. The number of hydrogen-bond donors (Lipinski definition) is 0. The number of ether oxygens (including phenoxy) is 1. The lowest BCUT2D eigenvalue weighted by molar-refractivity contribution is -0.127. The smallest absolute Gasteiger partial charge is 0.233 e. The first-order valence-corrected chi connectivity index (χ1v) is 12.9. The van der Waals surface area contributed by atoms with E-state index in [0.717, 1.165) is 39.9 Å². The average molecular weight is 495 g/mol. The van der Waals surface area contributed by atoms with Crippen molar-refractivity contribution < 1.29 is 9.53 Å². The summed E-state index contributed by atoms with van der Waals surface area (Å²) in [6.07, 6.45) is 0. The van der Waals surface area contributed by atoms with Crippen LogP contribution in [-0.2, 0) is 16.1 Å². The summed E-state index contributed by atoms with van der Waals surface area (Å²) < 4.78 is 8.68. The van der Waals surface area contributed by atoms with Crippen LogP contribution < -0.4 is 4.90 Å². The lowest BCUT2D eigenvalue weighted by Crippen LogP contribution is -2.37. The molecule has 8 nitrogen and oxygen atoms in total. The van der Waals surface area contributed by atoms with E-state index < -0.39 is 0 Å². The number of fused-ring (bicyclic) bond motifs is 1. The van der Waals surface area contributed by atoms with E-state index in [9.17, 15) is 4.79 Å². The highest BCUT2D eigenvalue weighted by atomic mass is 32.2. The molecule has 2 aromatic heterocycles. The van der Waals surface area contributed by atoms with Gasteiger partial charge in [0.15, 0.2) is 5.16 Å². The number of morpholine rings is 1. The van der Waals surface area contributed by atoms with Crippen molar-refractivity contribution in [1.29, 1.82) is 0 Å². The molecule has 1 aliphatic rings. The van der Waals surface area contributed by atoms with Gasteiger partial charge >= 0.3 is 0 Å². The summed E-state index contributed by atoms with van der Waals surface area (Å²) in [5.74, 6) is 1.08. The molecule has 34 heavy (non-hydrogen) atoms. The van der Waals surface area contributed by atoms with E-state index in [4.69, 9.17) is 4.74 Å². The fraction of sp³-hybridized carbons (Fsp3) is 0.333. The van der Waals surface area contributed by atoms with Gasteiger partial charge in [0.1, 0.15) is 5.01 Å². The van der Waals surface area contributed by atoms with E-state index in [0.29, 0.717) is 24.9 Å². The third-order valence-electron chi connectivity index (χ3n) is 5.66. The van der Waals surface area contributed by atoms with Crippen LogP contribution in [-0.4, -0.2) is 69.7 Å². The molecule has 0 bridgehead atoms. The summed E-state index contributed by atoms with van der Waals surface area (Å²) in [5.41, 5.74) is 3.14. The molecule has 5 rings (SSSR count). The highest BCUT2D eigenvalue weighted by Gasteiger charge is 2.23. The highest BCUT2D eigenvalue weighted by molar-refractivity contribution is 7.99. The number of aromatic nitrogens is 4. The molecule has 0 saturated carbocycles. The van der Waals surface area contributed by atoms with Crippen LogP contribution in [0.1, 0.15) is 10.6 Å².